The molecule has 3 rings (SSSR count). The first-order valence-electron chi connectivity index (χ1n) is 8.67. The number of carbonyl (C=O) groups is 3. The summed E-state index contributed by atoms with van der Waals surface area (Å²) in [4.78, 5) is 41.4. The molecule has 2 saturated heterocycles. The van der Waals surface area contributed by atoms with E-state index in [4.69, 9.17) is 5.73 Å². The number of rotatable bonds is 5. The Bertz CT molecular complexity index is 649. The van der Waals surface area contributed by atoms with Crippen LogP contribution in [-0.4, -0.2) is 71.2 Å². The van der Waals surface area contributed by atoms with Crippen molar-refractivity contribution in [3.8, 4) is 0 Å². The van der Waals surface area contributed by atoms with Crippen LogP contribution in [0, 0.1) is 0 Å². The molecule has 0 radical (unpaired) electrons. The maximum atomic E-state index is 12.5. The second kappa shape index (κ2) is 7.65. The monoisotopic (exact) mass is 344 g/mol. The summed E-state index contributed by atoms with van der Waals surface area (Å²) >= 11 is 0. The molecule has 7 nitrogen and oxygen atoms in total. The smallest absolute Gasteiger partial charge is 0.242 e. The van der Waals surface area contributed by atoms with Crippen molar-refractivity contribution >= 4 is 17.7 Å². The Hall–Kier alpha value is -2.41. The number of nitrogens with two attached hydrogens (primary N) is 1. The molecule has 2 aliphatic heterocycles. The molecule has 0 aromatic heterocycles. The van der Waals surface area contributed by atoms with Crippen molar-refractivity contribution < 1.29 is 14.4 Å². The quantitative estimate of drug-likeness (QED) is 0.802. The second-order valence-corrected chi connectivity index (χ2v) is 6.63. The van der Waals surface area contributed by atoms with Crippen LogP contribution in [0.2, 0.25) is 0 Å². The number of benzene rings is 1. The van der Waals surface area contributed by atoms with Crippen LogP contribution in [0.3, 0.4) is 0 Å². The maximum Gasteiger partial charge on any atom is 0.242 e. The van der Waals surface area contributed by atoms with Crippen molar-refractivity contribution in [1.82, 2.24) is 14.7 Å². The third kappa shape index (κ3) is 4.17. The number of piperazine rings is 1. The minimum absolute atomic E-state index is 0.0301. The summed E-state index contributed by atoms with van der Waals surface area (Å²) in [6.45, 7) is 2.77. The minimum atomic E-state index is -0.507. The molecule has 0 bridgehead atoms. The molecule has 0 aliphatic carbocycles. The third-order valence-electron chi connectivity index (χ3n) is 4.90. The van der Waals surface area contributed by atoms with Gasteiger partial charge in [-0.3, -0.25) is 19.3 Å². The highest BCUT2D eigenvalue weighted by Gasteiger charge is 2.34. The lowest BCUT2D eigenvalue weighted by Gasteiger charge is -2.40. The number of primary amides is 1. The van der Waals surface area contributed by atoms with Gasteiger partial charge in [-0.15, -0.1) is 0 Å². The van der Waals surface area contributed by atoms with E-state index in [0.717, 1.165) is 12.0 Å². The van der Waals surface area contributed by atoms with Gasteiger partial charge in [0.15, 0.2) is 0 Å². The third-order valence-corrected chi connectivity index (χ3v) is 4.90. The molecule has 1 aromatic rings. The van der Waals surface area contributed by atoms with E-state index in [0.29, 0.717) is 32.6 Å². The summed E-state index contributed by atoms with van der Waals surface area (Å²) in [5.74, 6) is -0.506. The van der Waals surface area contributed by atoms with E-state index in [-0.39, 0.29) is 24.9 Å². The van der Waals surface area contributed by atoms with E-state index >= 15 is 0 Å². The second-order valence-electron chi connectivity index (χ2n) is 6.63. The van der Waals surface area contributed by atoms with Gasteiger partial charge in [-0.05, 0) is 12.0 Å². The number of amides is 3. The SMILES string of the molecule is NC(=O)[C@@H]1CN(C(=O)CN2CCCC2=O)CCN1Cc1ccccc1. The summed E-state index contributed by atoms with van der Waals surface area (Å²) in [6.07, 6.45) is 1.32. The van der Waals surface area contributed by atoms with E-state index in [1.54, 1.807) is 9.80 Å². The lowest BCUT2D eigenvalue weighted by Crippen LogP contribution is -2.59. The highest BCUT2D eigenvalue weighted by Crippen LogP contribution is 2.16. The normalized spacial score (nSPS) is 21.6. The predicted molar refractivity (Wildman–Crippen MR) is 92.2 cm³/mol. The first-order valence-corrected chi connectivity index (χ1v) is 8.67. The Morgan fingerprint density at radius 3 is 2.52 bits per heavy atom. The van der Waals surface area contributed by atoms with Crippen LogP contribution < -0.4 is 5.73 Å². The number of hydrogen-bond acceptors (Lipinski definition) is 4. The molecular formula is C18H24N4O3. The topological polar surface area (TPSA) is 87.0 Å². The molecule has 0 spiro atoms. The van der Waals surface area contributed by atoms with Gasteiger partial charge in [0.2, 0.25) is 17.7 Å². The minimum Gasteiger partial charge on any atom is -0.368 e. The Labute approximate surface area is 147 Å². The average Bonchev–Trinajstić information content (AvgIpc) is 3.00. The molecule has 2 N–H and O–H groups in total. The fraction of sp³-hybridized carbons (Fsp3) is 0.500. The molecule has 1 atom stereocenters. The largest absolute Gasteiger partial charge is 0.368 e. The predicted octanol–water partition coefficient (Wildman–Crippen LogP) is -0.193. The van der Waals surface area contributed by atoms with Gasteiger partial charge in [0.25, 0.3) is 0 Å². The number of nitrogens with zero attached hydrogens (tertiary/aromatic N) is 3. The van der Waals surface area contributed by atoms with Gasteiger partial charge < -0.3 is 15.5 Å². The summed E-state index contributed by atoms with van der Waals surface area (Å²) < 4.78 is 0. The summed E-state index contributed by atoms with van der Waals surface area (Å²) in [7, 11) is 0. The number of hydrogen-bond donors (Lipinski definition) is 1. The van der Waals surface area contributed by atoms with E-state index < -0.39 is 11.9 Å². The number of likely N-dealkylation sites (tertiary alicyclic amines) is 1. The zero-order chi connectivity index (χ0) is 17.8. The van der Waals surface area contributed by atoms with Gasteiger partial charge in [-0.1, -0.05) is 30.3 Å². The van der Waals surface area contributed by atoms with Crippen molar-refractivity contribution in [3.63, 3.8) is 0 Å². The van der Waals surface area contributed by atoms with E-state index in [9.17, 15) is 14.4 Å². The molecule has 2 fully saturated rings. The van der Waals surface area contributed by atoms with Gasteiger partial charge in [-0.25, -0.2) is 0 Å². The molecule has 0 saturated carbocycles. The molecule has 7 heteroatoms. The van der Waals surface area contributed by atoms with Gasteiger partial charge in [0, 0.05) is 39.1 Å². The molecule has 2 heterocycles. The highest BCUT2D eigenvalue weighted by molar-refractivity contribution is 5.87. The number of carbonyl (C=O) groups excluding carboxylic acids is 3. The first-order chi connectivity index (χ1) is 12.0. The molecular weight excluding hydrogens is 320 g/mol. The fourth-order valence-corrected chi connectivity index (χ4v) is 3.46. The van der Waals surface area contributed by atoms with Gasteiger partial charge in [-0.2, -0.15) is 0 Å². The van der Waals surface area contributed by atoms with Crippen LogP contribution in [0.25, 0.3) is 0 Å². The van der Waals surface area contributed by atoms with Gasteiger partial charge in [0.05, 0.1) is 6.54 Å². The summed E-state index contributed by atoms with van der Waals surface area (Å²) in [6, 6.07) is 9.38. The van der Waals surface area contributed by atoms with Crippen LogP contribution in [0.15, 0.2) is 30.3 Å². The highest BCUT2D eigenvalue weighted by atomic mass is 16.2. The summed E-state index contributed by atoms with van der Waals surface area (Å²) in [5, 5.41) is 0. The molecule has 1 aromatic carbocycles. The zero-order valence-electron chi connectivity index (χ0n) is 14.3. The van der Waals surface area contributed by atoms with Crippen LogP contribution in [0.5, 0.6) is 0 Å². The van der Waals surface area contributed by atoms with Crippen molar-refractivity contribution in [2.24, 2.45) is 5.73 Å². The average molecular weight is 344 g/mol. The standard InChI is InChI=1S/C18H24N4O3/c19-18(25)15-12-22(17(24)13-21-8-4-7-16(21)23)10-9-20(15)11-14-5-2-1-3-6-14/h1-3,5-6,15H,4,7-13H2,(H2,19,25)/t15-/m0/s1. The van der Waals surface area contributed by atoms with Crippen molar-refractivity contribution in [2.75, 3.05) is 32.7 Å². The van der Waals surface area contributed by atoms with Crippen LogP contribution in [-0.2, 0) is 20.9 Å². The lowest BCUT2D eigenvalue weighted by molar-refractivity contribution is -0.142. The molecule has 25 heavy (non-hydrogen) atoms. The molecule has 134 valence electrons. The Kier molecular flexibility index (Phi) is 5.33. The lowest BCUT2D eigenvalue weighted by atomic mass is 10.1. The Balaban J connectivity index is 1.61. The van der Waals surface area contributed by atoms with Crippen molar-refractivity contribution in [1.29, 1.82) is 0 Å². The van der Waals surface area contributed by atoms with Crippen molar-refractivity contribution in [3.05, 3.63) is 35.9 Å². The van der Waals surface area contributed by atoms with Gasteiger partial charge >= 0.3 is 0 Å². The van der Waals surface area contributed by atoms with Gasteiger partial charge in [0.1, 0.15) is 6.04 Å². The summed E-state index contributed by atoms with van der Waals surface area (Å²) in [5.41, 5.74) is 6.68. The Morgan fingerprint density at radius 2 is 1.88 bits per heavy atom. The zero-order valence-corrected chi connectivity index (χ0v) is 14.3. The van der Waals surface area contributed by atoms with Crippen LogP contribution in [0.1, 0.15) is 18.4 Å². The first kappa shape index (κ1) is 17.4. The van der Waals surface area contributed by atoms with Crippen LogP contribution >= 0.6 is 0 Å². The van der Waals surface area contributed by atoms with E-state index in [1.807, 2.05) is 35.2 Å². The van der Waals surface area contributed by atoms with Crippen LogP contribution in [0.4, 0.5) is 0 Å². The maximum absolute atomic E-state index is 12.5. The van der Waals surface area contributed by atoms with E-state index in [1.165, 1.54) is 0 Å². The molecule has 0 unspecified atom stereocenters. The molecule has 3 amide bonds. The van der Waals surface area contributed by atoms with E-state index in [2.05, 4.69) is 0 Å². The fourth-order valence-electron chi connectivity index (χ4n) is 3.46. The van der Waals surface area contributed by atoms with Crippen molar-refractivity contribution in [2.45, 2.75) is 25.4 Å². The molecule has 2 aliphatic rings. The Morgan fingerprint density at radius 1 is 1.12 bits per heavy atom.